The molecule has 0 saturated carbocycles. The van der Waals surface area contributed by atoms with E-state index in [1.807, 2.05) is 0 Å². The van der Waals surface area contributed by atoms with Crippen LogP contribution in [0.5, 0.6) is 0 Å². The maximum absolute atomic E-state index is 13.3. The van der Waals surface area contributed by atoms with Gasteiger partial charge in [0, 0.05) is 17.7 Å². The van der Waals surface area contributed by atoms with Crippen molar-refractivity contribution in [2.75, 3.05) is 0 Å². The van der Waals surface area contributed by atoms with E-state index in [2.05, 4.69) is 20.8 Å². The number of carbonyl (C=O) groups is 1. The highest BCUT2D eigenvalue weighted by molar-refractivity contribution is 5.94. The van der Waals surface area contributed by atoms with Gasteiger partial charge in [-0.2, -0.15) is 0 Å². The number of aliphatic hydroxyl groups excluding tert-OH is 1. The van der Waals surface area contributed by atoms with Crippen LogP contribution in [0.4, 0.5) is 4.39 Å². The third-order valence-electron chi connectivity index (χ3n) is 3.46. The van der Waals surface area contributed by atoms with Crippen molar-refractivity contribution < 1.29 is 14.3 Å². The Labute approximate surface area is 136 Å². The van der Waals surface area contributed by atoms with Crippen LogP contribution in [-0.2, 0) is 13.2 Å². The quantitative estimate of drug-likeness (QED) is 0.735. The van der Waals surface area contributed by atoms with Crippen molar-refractivity contribution in [3.8, 4) is 5.69 Å². The molecule has 0 unspecified atom stereocenters. The Balaban J connectivity index is 1.70. The smallest absolute Gasteiger partial charge is 0.251 e. The van der Waals surface area contributed by atoms with Crippen LogP contribution >= 0.6 is 0 Å². The van der Waals surface area contributed by atoms with Gasteiger partial charge in [0.25, 0.3) is 5.91 Å². The van der Waals surface area contributed by atoms with Crippen molar-refractivity contribution in [1.82, 2.24) is 25.5 Å². The average molecular weight is 327 g/mol. The van der Waals surface area contributed by atoms with Gasteiger partial charge in [-0.05, 0) is 46.3 Å². The zero-order valence-corrected chi connectivity index (χ0v) is 12.6. The summed E-state index contributed by atoms with van der Waals surface area (Å²) in [5.74, 6) is -0.749. The molecule has 1 heterocycles. The SMILES string of the molecule is O=C(NCc1ccc(F)c(CO)c1)c1cccc(-n2cnnn2)c1. The molecule has 1 amide bonds. The summed E-state index contributed by atoms with van der Waals surface area (Å²) >= 11 is 0. The fraction of sp³-hybridized carbons (Fsp3) is 0.125. The molecule has 7 nitrogen and oxygen atoms in total. The number of hydrogen-bond acceptors (Lipinski definition) is 5. The van der Waals surface area contributed by atoms with Crippen molar-refractivity contribution in [3.63, 3.8) is 0 Å². The number of hydrogen-bond donors (Lipinski definition) is 2. The highest BCUT2D eigenvalue weighted by Crippen LogP contribution is 2.12. The Morgan fingerprint density at radius 2 is 2.12 bits per heavy atom. The largest absolute Gasteiger partial charge is 0.392 e. The van der Waals surface area contributed by atoms with Crippen LogP contribution in [0, 0.1) is 5.82 Å². The molecular weight excluding hydrogens is 313 g/mol. The third kappa shape index (κ3) is 3.44. The first-order valence-electron chi connectivity index (χ1n) is 7.17. The molecule has 122 valence electrons. The summed E-state index contributed by atoms with van der Waals surface area (Å²) in [7, 11) is 0. The molecular formula is C16H14FN5O2. The molecule has 3 rings (SSSR count). The number of nitrogens with one attached hydrogen (secondary N) is 1. The van der Waals surface area contributed by atoms with Gasteiger partial charge in [-0.1, -0.05) is 12.1 Å². The van der Waals surface area contributed by atoms with E-state index in [0.717, 1.165) is 0 Å². The van der Waals surface area contributed by atoms with Gasteiger partial charge in [-0.3, -0.25) is 4.79 Å². The van der Waals surface area contributed by atoms with Crippen molar-refractivity contribution in [2.45, 2.75) is 13.2 Å². The van der Waals surface area contributed by atoms with Crippen molar-refractivity contribution in [2.24, 2.45) is 0 Å². The Morgan fingerprint density at radius 3 is 2.88 bits per heavy atom. The predicted octanol–water partition coefficient (Wildman–Crippen LogP) is 1.22. The minimum Gasteiger partial charge on any atom is -0.392 e. The number of amides is 1. The second-order valence-electron chi connectivity index (χ2n) is 5.07. The lowest BCUT2D eigenvalue weighted by molar-refractivity contribution is 0.0951. The van der Waals surface area contributed by atoms with Crippen LogP contribution in [0.25, 0.3) is 5.69 Å². The molecule has 1 aromatic heterocycles. The molecule has 0 bridgehead atoms. The number of halogens is 1. The minimum atomic E-state index is -0.471. The van der Waals surface area contributed by atoms with Gasteiger partial charge in [0.2, 0.25) is 0 Å². The van der Waals surface area contributed by atoms with Crippen LogP contribution in [0.3, 0.4) is 0 Å². The maximum Gasteiger partial charge on any atom is 0.251 e. The van der Waals surface area contributed by atoms with Gasteiger partial charge in [0.1, 0.15) is 12.1 Å². The Morgan fingerprint density at radius 1 is 1.25 bits per heavy atom. The topological polar surface area (TPSA) is 92.9 Å². The number of nitrogens with zero attached hydrogens (tertiary/aromatic N) is 4. The number of aliphatic hydroxyl groups is 1. The van der Waals surface area contributed by atoms with E-state index >= 15 is 0 Å². The molecule has 0 radical (unpaired) electrons. The molecule has 0 fully saturated rings. The summed E-state index contributed by atoms with van der Waals surface area (Å²) < 4.78 is 14.8. The molecule has 3 aromatic rings. The van der Waals surface area contributed by atoms with E-state index < -0.39 is 5.82 Å². The van der Waals surface area contributed by atoms with Gasteiger partial charge < -0.3 is 10.4 Å². The van der Waals surface area contributed by atoms with Crippen LogP contribution < -0.4 is 5.32 Å². The molecule has 0 spiro atoms. The lowest BCUT2D eigenvalue weighted by atomic mass is 10.1. The number of tetrazole rings is 1. The van der Waals surface area contributed by atoms with E-state index in [0.29, 0.717) is 16.8 Å². The number of carbonyl (C=O) groups excluding carboxylic acids is 1. The van der Waals surface area contributed by atoms with Gasteiger partial charge in [-0.25, -0.2) is 9.07 Å². The molecule has 8 heteroatoms. The Kier molecular flexibility index (Phi) is 4.57. The van der Waals surface area contributed by atoms with Crippen molar-refractivity contribution in [3.05, 3.63) is 71.3 Å². The molecule has 2 N–H and O–H groups in total. The van der Waals surface area contributed by atoms with Gasteiger partial charge in [0.15, 0.2) is 0 Å². The van der Waals surface area contributed by atoms with Crippen molar-refractivity contribution in [1.29, 1.82) is 0 Å². The highest BCUT2D eigenvalue weighted by atomic mass is 19.1. The summed E-state index contributed by atoms with van der Waals surface area (Å²) in [6.45, 7) is -0.164. The first kappa shape index (κ1) is 15.8. The van der Waals surface area contributed by atoms with E-state index in [1.165, 1.54) is 23.1 Å². The minimum absolute atomic E-state index is 0.197. The number of benzene rings is 2. The molecule has 0 aliphatic carbocycles. The molecule has 0 aliphatic rings. The fourth-order valence-corrected chi connectivity index (χ4v) is 2.21. The molecule has 24 heavy (non-hydrogen) atoms. The lowest BCUT2D eigenvalue weighted by Crippen LogP contribution is -2.23. The van der Waals surface area contributed by atoms with Crippen LogP contribution in [0.15, 0.2) is 48.8 Å². The first-order valence-corrected chi connectivity index (χ1v) is 7.17. The Bertz CT molecular complexity index is 851. The normalized spacial score (nSPS) is 10.6. The second kappa shape index (κ2) is 6.97. The fourth-order valence-electron chi connectivity index (χ4n) is 2.21. The van der Waals surface area contributed by atoms with E-state index in [-0.39, 0.29) is 24.6 Å². The summed E-state index contributed by atoms with van der Waals surface area (Å²) in [5, 5.41) is 22.7. The molecule has 2 aromatic carbocycles. The summed E-state index contributed by atoms with van der Waals surface area (Å²) in [6, 6.07) is 11.2. The van der Waals surface area contributed by atoms with Crippen molar-refractivity contribution >= 4 is 5.91 Å². The molecule has 0 atom stereocenters. The first-order chi connectivity index (χ1) is 11.7. The second-order valence-corrected chi connectivity index (χ2v) is 5.07. The van der Waals surface area contributed by atoms with Gasteiger partial charge in [0.05, 0.1) is 12.3 Å². The standard InChI is InChI=1S/C16H14FN5O2/c17-15-5-4-11(6-13(15)9-23)8-18-16(24)12-2-1-3-14(7-12)22-10-19-20-21-22/h1-7,10,23H,8-9H2,(H,18,24). The third-order valence-corrected chi connectivity index (χ3v) is 3.46. The summed E-state index contributed by atoms with van der Waals surface area (Å²) in [6.07, 6.45) is 1.44. The van der Waals surface area contributed by atoms with Crippen LogP contribution in [-0.4, -0.2) is 31.2 Å². The van der Waals surface area contributed by atoms with Crippen LogP contribution in [0.2, 0.25) is 0 Å². The van der Waals surface area contributed by atoms with Crippen LogP contribution in [0.1, 0.15) is 21.5 Å². The summed E-state index contributed by atoms with van der Waals surface area (Å²) in [4.78, 5) is 12.3. The molecule has 0 saturated heterocycles. The predicted molar refractivity (Wildman–Crippen MR) is 82.6 cm³/mol. The van der Waals surface area contributed by atoms with E-state index in [1.54, 1.807) is 30.3 Å². The van der Waals surface area contributed by atoms with E-state index in [9.17, 15) is 9.18 Å². The Hall–Kier alpha value is -3.13. The highest BCUT2D eigenvalue weighted by Gasteiger charge is 2.08. The van der Waals surface area contributed by atoms with E-state index in [4.69, 9.17) is 5.11 Å². The van der Waals surface area contributed by atoms with Gasteiger partial charge in [-0.15, -0.1) is 5.10 Å². The zero-order valence-electron chi connectivity index (χ0n) is 12.6. The number of aromatic nitrogens is 4. The summed E-state index contributed by atoms with van der Waals surface area (Å²) in [5.41, 5.74) is 2.01. The van der Waals surface area contributed by atoms with Gasteiger partial charge >= 0.3 is 0 Å². The maximum atomic E-state index is 13.3. The monoisotopic (exact) mass is 327 g/mol. The lowest BCUT2D eigenvalue weighted by Gasteiger charge is -2.08. The average Bonchev–Trinajstić information content (AvgIpc) is 3.15. The zero-order chi connectivity index (χ0) is 16.9. The number of rotatable bonds is 5. The molecule has 0 aliphatic heterocycles.